The van der Waals surface area contributed by atoms with Crippen molar-refractivity contribution in [2.45, 2.75) is 13.8 Å². The van der Waals surface area contributed by atoms with Crippen molar-refractivity contribution in [3.8, 4) is 0 Å². The largest absolute Gasteiger partial charge is 0.114 e. The topological polar surface area (TPSA) is 0 Å². The van der Waals surface area contributed by atoms with Crippen molar-refractivity contribution in [3.63, 3.8) is 0 Å². The molecule has 1 heteroatoms. The normalized spacial score (nSPS) is 10.7. The molecule has 0 atom stereocenters. The van der Waals surface area contributed by atoms with Crippen LogP contribution in [0.2, 0.25) is 0 Å². The Hall–Kier alpha value is -0.975. The van der Waals surface area contributed by atoms with E-state index in [0.717, 1.165) is 11.0 Å². The lowest BCUT2D eigenvalue weighted by molar-refractivity contribution is 1.48. The number of rotatable bonds is 1. The standard InChI is InChI=1S/C10H11B/c1-3-4-9-7-8(2)5-6-10(9)11/h3-7H,1-2H3/b4-3-. The maximum Gasteiger partial charge on any atom is 0.114 e. The molecule has 0 fully saturated rings. The van der Waals surface area contributed by atoms with E-state index in [9.17, 15) is 0 Å². The van der Waals surface area contributed by atoms with Crippen molar-refractivity contribution in [1.29, 1.82) is 0 Å². The van der Waals surface area contributed by atoms with E-state index in [2.05, 4.69) is 13.0 Å². The van der Waals surface area contributed by atoms with Crippen molar-refractivity contribution in [2.24, 2.45) is 0 Å². The SMILES string of the molecule is [B]c1ccc(C)cc1/C=C\C. The molecule has 0 aliphatic heterocycles. The van der Waals surface area contributed by atoms with Gasteiger partial charge >= 0.3 is 0 Å². The van der Waals surface area contributed by atoms with Gasteiger partial charge in [-0.3, -0.25) is 0 Å². The number of hydrogen-bond donors (Lipinski definition) is 0. The number of aryl methyl sites for hydroxylation is 1. The smallest absolute Gasteiger partial charge is 0.0896 e. The molecule has 1 rings (SSSR count). The Balaban J connectivity index is 3.12. The second-order valence-electron chi connectivity index (χ2n) is 2.63. The van der Waals surface area contributed by atoms with E-state index in [0.29, 0.717) is 0 Å². The monoisotopic (exact) mass is 142 g/mol. The summed E-state index contributed by atoms with van der Waals surface area (Å²) in [7, 11) is 5.72. The van der Waals surface area contributed by atoms with Crippen molar-refractivity contribution in [3.05, 3.63) is 35.4 Å². The minimum Gasteiger partial charge on any atom is -0.0896 e. The van der Waals surface area contributed by atoms with Crippen LogP contribution in [0.3, 0.4) is 0 Å². The van der Waals surface area contributed by atoms with E-state index in [1.165, 1.54) is 5.56 Å². The van der Waals surface area contributed by atoms with Crippen LogP contribution in [0.5, 0.6) is 0 Å². The summed E-state index contributed by atoms with van der Waals surface area (Å²) in [5, 5.41) is 0. The predicted molar refractivity (Wildman–Crippen MR) is 51.3 cm³/mol. The molecule has 0 saturated heterocycles. The minimum absolute atomic E-state index is 0.841. The highest BCUT2D eigenvalue weighted by atomic mass is 13.9. The molecule has 0 aliphatic rings. The Bertz CT molecular complexity index is 274. The first kappa shape index (κ1) is 8.12. The number of hydrogen-bond acceptors (Lipinski definition) is 0. The molecule has 1 aromatic rings. The lowest BCUT2D eigenvalue weighted by atomic mass is 9.89. The van der Waals surface area contributed by atoms with Crippen LogP contribution in [0.4, 0.5) is 0 Å². The van der Waals surface area contributed by atoms with Crippen molar-refractivity contribution >= 4 is 19.4 Å². The van der Waals surface area contributed by atoms with E-state index in [1.807, 2.05) is 31.2 Å². The zero-order chi connectivity index (χ0) is 8.27. The first-order chi connectivity index (χ1) is 5.24. The molecule has 0 aromatic heterocycles. The van der Waals surface area contributed by atoms with Crippen molar-refractivity contribution < 1.29 is 0 Å². The molecule has 1 aromatic carbocycles. The highest BCUT2D eigenvalue weighted by Crippen LogP contribution is 2.02. The van der Waals surface area contributed by atoms with Gasteiger partial charge in [0.05, 0.1) is 0 Å². The van der Waals surface area contributed by atoms with Gasteiger partial charge in [-0.2, -0.15) is 0 Å². The Kier molecular flexibility index (Phi) is 2.53. The third-order valence-corrected chi connectivity index (χ3v) is 1.59. The van der Waals surface area contributed by atoms with Crippen LogP contribution >= 0.6 is 0 Å². The van der Waals surface area contributed by atoms with Gasteiger partial charge in [0.25, 0.3) is 0 Å². The second kappa shape index (κ2) is 3.43. The first-order valence-electron chi connectivity index (χ1n) is 3.73. The van der Waals surface area contributed by atoms with Crippen LogP contribution in [0.1, 0.15) is 18.1 Å². The number of benzene rings is 1. The van der Waals surface area contributed by atoms with Gasteiger partial charge in [-0.05, 0) is 19.4 Å². The molecule has 0 N–H and O–H groups in total. The van der Waals surface area contributed by atoms with Gasteiger partial charge in [0.1, 0.15) is 7.85 Å². The molecule has 0 amide bonds. The summed E-state index contributed by atoms with van der Waals surface area (Å²) < 4.78 is 0. The van der Waals surface area contributed by atoms with E-state index < -0.39 is 0 Å². The van der Waals surface area contributed by atoms with Gasteiger partial charge < -0.3 is 0 Å². The highest BCUT2D eigenvalue weighted by Gasteiger charge is 1.91. The predicted octanol–water partition coefficient (Wildman–Crippen LogP) is 1.82. The Morgan fingerprint density at radius 2 is 2.09 bits per heavy atom. The Morgan fingerprint density at radius 3 is 2.73 bits per heavy atom. The quantitative estimate of drug-likeness (QED) is 0.524. The van der Waals surface area contributed by atoms with Gasteiger partial charge in [0.15, 0.2) is 0 Å². The van der Waals surface area contributed by atoms with E-state index in [1.54, 1.807) is 0 Å². The van der Waals surface area contributed by atoms with E-state index >= 15 is 0 Å². The zero-order valence-corrected chi connectivity index (χ0v) is 6.96. The summed E-state index contributed by atoms with van der Waals surface area (Å²) in [4.78, 5) is 0. The Labute approximate surface area is 69.4 Å². The van der Waals surface area contributed by atoms with Gasteiger partial charge in [-0.1, -0.05) is 41.4 Å². The number of allylic oxidation sites excluding steroid dienone is 1. The lowest BCUT2D eigenvalue weighted by Crippen LogP contribution is -2.06. The molecule has 0 spiro atoms. The minimum atomic E-state index is 0.841. The van der Waals surface area contributed by atoms with Crippen LogP contribution in [-0.2, 0) is 0 Å². The summed E-state index contributed by atoms with van der Waals surface area (Å²) in [5.74, 6) is 0. The molecular formula is C10H11B. The van der Waals surface area contributed by atoms with Crippen LogP contribution in [0.25, 0.3) is 6.08 Å². The van der Waals surface area contributed by atoms with Crippen LogP contribution < -0.4 is 5.46 Å². The molecule has 2 radical (unpaired) electrons. The molecule has 0 saturated carbocycles. The summed E-state index contributed by atoms with van der Waals surface area (Å²) in [5.41, 5.74) is 3.19. The molecule has 0 nitrogen and oxygen atoms in total. The maximum atomic E-state index is 5.72. The second-order valence-corrected chi connectivity index (χ2v) is 2.63. The molecule has 0 bridgehead atoms. The molecule has 0 heterocycles. The average Bonchev–Trinajstić information content (AvgIpc) is 1.98. The molecule has 0 unspecified atom stereocenters. The van der Waals surface area contributed by atoms with Crippen molar-refractivity contribution in [2.75, 3.05) is 0 Å². The van der Waals surface area contributed by atoms with E-state index in [-0.39, 0.29) is 0 Å². The molecule has 0 aliphatic carbocycles. The fourth-order valence-electron chi connectivity index (χ4n) is 1.02. The fraction of sp³-hybridized carbons (Fsp3) is 0.200. The molecule has 54 valence electrons. The summed E-state index contributed by atoms with van der Waals surface area (Å²) in [6, 6.07) is 6.03. The Morgan fingerprint density at radius 1 is 1.36 bits per heavy atom. The first-order valence-corrected chi connectivity index (χ1v) is 3.73. The average molecular weight is 142 g/mol. The van der Waals surface area contributed by atoms with Crippen LogP contribution in [-0.4, -0.2) is 7.85 Å². The van der Waals surface area contributed by atoms with E-state index in [4.69, 9.17) is 7.85 Å². The summed E-state index contributed by atoms with van der Waals surface area (Å²) in [6.07, 6.45) is 4.01. The summed E-state index contributed by atoms with van der Waals surface area (Å²) in [6.45, 7) is 4.05. The van der Waals surface area contributed by atoms with Gasteiger partial charge in [0, 0.05) is 0 Å². The fourth-order valence-corrected chi connectivity index (χ4v) is 1.02. The van der Waals surface area contributed by atoms with Crippen LogP contribution in [0.15, 0.2) is 24.3 Å². The van der Waals surface area contributed by atoms with Gasteiger partial charge in [-0.15, -0.1) is 0 Å². The summed E-state index contributed by atoms with van der Waals surface area (Å²) >= 11 is 0. The molecule has 11 heavy (non-hydrogen) atoms. The third kappa shape index (κ3) is 1.97. The third-order valence-electron chi connectivity index (χ3n) is 1.59. The van der Waals surface area contributed by atoms with Gasteiger partial charge in [0.2, 0.25) is 0 Å². The highest BCUT2D eigenvalue weighted by molar-refractivity contribution is 6.34. The van der Waals surface area contributed by atoms with Crippen molar-refractivity contribution in [1.82, 2.24) is 0 Å². The molecular weight excluding hydrogens is 131 g/mol. The maximum absolute atomic E-state index is 5.72. The zero-order valence-electron chi connectivity index (χ0n) is 6.96. The van der Waals surface area contributed by atoms with Crippen LogP contribution in [0, 0.1) is 6.92 Å². The van der Waals surface area contributed by atoms with Gasteiger partial charge in [-0.25, -0.2) is 0 Å². The lowest BCUT2D eigenvalue weighted by Gasteiger charge is -2.00.